The molecule has 10 heteroatoms. The lowest BCUT2D eigenvalue weighted by Gasteiger charge is -2.31. The number of hydrogen-bond acceptors (Lipinski definition) is 7. The van der Waals surface area contributed by atoms with Crippen molar-refractivity contribution in [3.63, 3.8) is 0 Å². The molecule has 0 radical (unpaired) electrons. The number of nitrogens with zero attached hydrogens (tertiary/aromatic N) is 2. The van der Waals surface area contributed by atoms with Gasteiger partial charge in [-0.2, -0.15) is 5.26 Å². The van der Waals surface area contributed by atoms with Crippen LogP contribution in [-0.2, 0) is 19.4 Å². The van der Waals surface area contributed by atoms with Gasteiger partial charge in [-0.05, 0) is 58.6 Å². The molecule has 1 N–H and O–H groups in total. The third-order valence-electron chi connectivity index (χ3n) is 4.93. The number of nitriles is 1. The molecule has 2 amide bonds. The lowest BCUT2D eigenvalue weighted by Crippen LogP contribution is -2.49. The van der Waals surface area contributed by atoms with E-state index in [0.29, 0.717) is 10.0 Å². The first-order valence-electron chi connectivity index (χ1n) is 8.57. The standard InChI is InChI=1S/C19H17BrN2O6S/c1-10-13(5-11-6-15(20)17(23)16(7-11)28-2)18(24)22(19(25)14(10)8-21)12-3-4-29(26,27)9-12/h5-7,12,23H,3-4,9H2,1-2H3. The van der Waals surface area contributed by atoms with E-state index >= 15 is 0 Å². The van der Waals surface area contributed by atoms with Gasteiger partial charge in [-0.1, -0.05) is 0 Å². The average molecular weight is 481 g/mol. The van der Waals surface area contributed by atoms with E-state index in [1.54, 1.807) is 6.07 Å². The van der Waals surface area contributed by atoms with Crippen molar-refractivity contribution in [2.24, 2.45) is 0 Å². The Morgan fingerprint density at radius 3 is 2.59 bits per heavy atom. The molecule has 2 aliphatic heterocycles. The van der Waals surface area contributed by atoms with Crippen molar-refractivity contribution >= 4 is 43.7 Å². The number of phenolic OH excluding ortho intramolecular Hbond substituents is 1. The number of ether oxygens (including phenoxy) is 1. The van der Waals surface area contributed by atoms with Gasteiger partial charge in [-0.25, -0.2) is 8.42 Å². The van der Waals surface area contributed by atoms with E-state index in [1.807, 2.05) is 6.07 Å². The Kier molecular flexibility index (Phi) is 5.56. The van der Waals surface area contributed by atoms with E-state index in [-0.39, 0.29) is 46.1 Å². The second-order valence-electron chi connectivity index (χ2n) is 6.76. The molecular weight excluding hydrogens is 464 g/mol. The van der Waals surface area contributed by atoms with Crippen LogP contribution in [0.25, 0.3) is 6.08 Å². The van der Waals surface area contributed by atoms with Crippen molar-refractivity contribution in [3.05, 3.63) is 38.9 Å². The molecule has 3 rings (SSSR count). The second kappa shape index (κ2) is 7.65. The van der Waals surface area contributed by atoms with Gasteiger partial charge in [0.25, 0.3) is 11.8 Å². The molecule has 0 spiro atoms. The van der Waals surface area contributed by atoms with Crippen LogP contribution in [0.3, 0.4) is 0 Å². The number of rotatable bonds is 3. The summed E-state index contributed by atoms with van der Waals surface area (Å²) in [4.78, 5) is 26.7. The van der Waals surface area contributed by atoms with Crippen LogP contribution in [0.4, 0.5) is 0 Å². The minimum absolute atomic E-state index is 0.102. The zero-order chi connectivity index (χ0) is 21.5. The Morgan fingerprint density at radius 1 is 1.34 bits per heavy atom. The normalized spacial score (nSPS) is 22.9. The number of methoxy groups -OCH3 is 1. The maximum Gasteiger partial charge on any atom is 0.271 e. The first kappa shape index (κ1) is 21.1. The summed E-state index contributed by atoms with van der Waals surface area (Å²) in [5.41, 5.74) is 0.595. The molecule has 0 saturated carbocycles. The van der Waals surface area contributed by atoms with E-state index in [1.165, 1.54) is 26.2 Å². The lowest BCUT2D eigenvalue weighted by molar-refractivity contribution is -0.142. The topological polar surface area (TPSA) is 125 Å². The van der Waals surface area contributed by atoms with E-state index < -0.39 is 27.7 Å². The SMILES string of the molecule is COc1cc(C=C2C(=O)N(C3CCS(=O)(=O)C3)C(=O)C(C#N)=C2C)cc(Br)c1O. The first-order chi connectivity index (χ1) is 13.6. The van der Waals surface area contributed by atoms with Crippen molar-refractivity contribution < 1.29 is 27.9 Å². The highest BCUT2D eigenvalue weighted by atomic mass is 79.9. The van der Waals surface area contributed by atoms with Gasteiger partial charge in [0.15, 0.2) is 21.3 Å². The number of hydrogen-bond donors (Lipinski definition) is 1. The summed E-state index contributed by atoms with van der Waals surface area (Å²) < 4.78 is 29.1. The molecule has 152 valence electrons. The molecule has 1 unspecified atom stereocenters. The third-order valence-corrected chi connectivity index (χ3v) is 7.28. The van der Waals surface area contributed by atoms with Gasteiger partial charge >= 0.3 is 0 Å². The van der Waals surface area contributed by atoms with Crippen LogP contribution in [0.1, 0.15) is 18.9 Å². The Bertz CT molecular complexity index is 1130. The zero-order valence-corrected chi connectivity index (χ0v) is 18.0. The molecule has 2 aliphatic rings. The molecular formula is C19H17BrN2O6S. The smallest absolute Gasteiger partial charge is 0.271 e. The Morgan fingerprint density at radius 2 is 2.03 bits per heavy atom. The molecule has 1 atom stereocenters. The van der Waals surface area contributed by atoms with Crippen LogP contribution in [0.5, 0.6) is 11.5 Å². The van der Waals surface area contributed by atoms with Gasteiger partial charge in [-0.15, -0.1) is 0 Å². The van der Waals surface area contributed by atoms with Gasteiger partial charge in [0.1, 0.15) is 11.6 Å². The number of amides is 2. The number of sulfone groups is 1. The Labute approximate surface area is 176 Å². The number of halogens is 1. The van der Waals surface area contributed by atoms with Crippen LogP contribution >= 0.6 is 15.9 Å². The van der Waals surface area contributed by atoms with E-state index in [4.69, 9.17) is 4.74 Å². The Balaban J connectivity index is 2.13. The summed E-state index contributed by atoms with van der Waals surface area (Å²) in [5.74, 6) is -1.79. The average Bonchev–Trinajstić information content (AvgIpc) is 3.01. The van der Waals surface area contributed by atoms with E-state index in [2.05, 4.69) is 15.9 Å². The zero-order valence-electron chi connectivity index (χ0n) is 15.6. The minimum atomic E-state index is -3.34. The van der Waals surface area contributed by atoms with Gasteiger partial charge in [0.2, 0.25) is 0 Å². The highest BCUT2D eigenvalue weighted by Gasteiger charge is 2.43. The van der Waals surface area contributed by atoms with Crippen LogP contribution in [0.15, 0.2) is 33.3 Å². The number of aromatic hydroxyl groups is 1. The number of benzene rings is 1. The molecule has 8 nitrogen and oxygen atoms in total. The molecule has 29 heavy (non-hydrogen) atoms. The second-order valence-corrected chi connectivity index (χ2v) is 9.84. The van der Waals surface area contributed by atoms with Crippen molar-refractivity contribution in [1.29, 1.82) is 5.26 Å². The van der Waals surface area contributed by atoms with Crippen molar-refractivity contribution in [2.45, 2.75) is 19.4 Å². The fourth-order valence-electron chi connectivity index (χ4n) is 3.41. The third kappa shape index (κ3) is 3.80. The summed E-state index contributed by atoms with van der Waals surface area (Å²) >= 11 is 3.21. The molecule has 1 saturated heterocycles. The summed E-state index contributed by atoms with van der Waals surface area (Å²) in [6.07, 6.45) is 1.62. The predicted molar refractivity (Wildman–Crippen MR) is 108 cm³/mol. The quantitative estimate of drug-likeness (QED) is 0.517. The molecule has 0 aromatic heterocycles. The minimum Gasteiger partial charge on any atom is -0.503 e. The molecule has 1 aromatic carbocycles. The monoisotopic (exact) mass is 480 g/mol. The number of phenols is 1. The number of carbonyl (C=O) groups is 2. The molecule has 1 aromatic rings. The largest absolute Gasteiger partial charge is 0.503 e. The molecule has 1 fully saturated rings. The van der Waals surface area contributed by atoms with Gasteiger partial charge < -0.3 is 9.84 Å². The fourth-order valence-corrected chi connectivity index (χ4v) is 5.57. The lowest BCUT2D eigenvalue weighted by atomic mass is 9.92. The number of imide groups is 1. The summed E-state index contributed by atoms with van der Waals surface area (Å²) in [6, 6.07) is 4.08. The first-order valence-corrected chi connectivity index (χ1v) is 11.2. The van der Waals surface area contributed by atoms with Crippen LogP contribution in [0.2, 0.25) is 0 Å². The maximum atomic E-state index is 13.1. The highest BCUT2D eigenvalue weighted by molar-refractivity contribution is 9.10. The van der Waals surface area contributed by atoms with Crippen LogP contribution < -0.4 is 4.74 Å². The van der Waals surface area contributed by atoms with E-state index in [0.717, 1.165) is 4.90 Å². The number of carbonyl (C=O) groups excluding carboxylic acids is 2. The highest BCUT2D eigenvalue weighted by Crippen LogP contribution is 2.37. The molecule has 2 heterocycles. The van der Waals surface area contributed by atoms with Crippen molar-refractivity contribution in [2.75, 3.05) is 18.6 Å². The Hall–Kier alpha value is -2.64. The van der Waals surface area contributed by atoms with Crippen molar-refractivity contribution in [3.8, 4) is 17.6 Å². The summed E-state index contributed by atoms with van der Waals surface area (Å²) in [5, 5.41) is 19.4. The van der Waals surface area contributed by atoms with Crippen LogP contribution in [0, 0.1) is 11.3 Å². The maximum absolute atomic E-state index is 13.1. The predicted octanol–water partition coefficient (Wildman–Crippen LogP) is 1.94. The summed E-state index contributed by atoms with van der Waals surface area (Å²) in [6.45, 7) is 1.50. The molecule has 0 bridgehead atoms. The van der Waals surface area contributed by atoms with Crippen LogP contribution in [-0.4, -0.2) is 54.9 Å². The summed E-state index contributed by atoms with van der Waals surface area (Å²) in [7, 11) is -1.96. The van der Waals surface area contributed by atoms with Gasteiger partial charge in [0.05, 0.1) is 29.1 Å². The van der Waals surface area contributed by atoms with Crippen molar-refractivity contribution in [1.82, 2.24) is 4.90 Å². The van der Waals surface area contributed by atoms with Gasteiger partial charge in [0, 0.05) is 5.57 Å². The molecule has 0 aliphatic carbocycles. The fraction of sp³-hybridized carbons (Fsp3) is 0.316. The van der Waals surface area contributed by atoms with E-state index in [9.17, 15) is 28.4 Å². The van der Waals surface area contributed by atoms with Gasteiger partial charge in [-0.3, -0.25) is 14.5 Å².